The quantitative estimate of drug-likeness (QED) is 0.435. The van der Waals surface area contributed by atoms with Gasteiger partial charge in [0.2, 0.25) is 0 Å². The molecule has 0 fully saturated rings. The molecule has 2 aromatic carbocycles. The molecule has 0 heterocycles. The Bertz CT molecular complexity index is 692. The molecule has 0 aliphatic rings. The smallest absolute Gasteiger partial charge is 0.343 e. The number of esters is 2. The molecule has 0 saturated heterocycles. The standard InChI is InChI=1S/C17H15IO4/c1-3-21-16(19)12-6-8-14(9-7-12)22-17(20)13-5-4-11(2)15(18)10-13/h4-10H,3H2,1-2H3. The van der Waals surface area contributed by atoms with Gasteiger partial charge in [0.05, 0.1) is 17.7 Å². The number of carbonyl (C=O) groups excluding carboxylic acids is 2. The summed E-state index contributed by atoms with van der Waals surface area (Å²) in [5.74, 6) is -0.441. The van der Waals surface area contributed by atoms with Gasteiger partial charge >= 0.3 is 11.9 Å². The summed E-state index contributed by atoms with van der Waals surface area (Å²) >= 11 is 2.17. The van der Waals surface area contributed by atoms with Crippen molar-refractivity contribution in [3.63, 3.8) is 0 Å². The fourth-order valence-electron chi connectivity index (χ4n) is 1.76. The van der Waals surface area contributed by atoms with Gasteiger partial charge in [-0.25, -0.2) is 9.59 Å². The van der Waals surface area contributed by atoms with Crippen LogP contribution in [0.2, 0.25) is 0 Å². The highest BCUT2D eigenvalue weighted by Gasteiger charge is 2.11. The van der Waals surface area contributed by atoms with Crippen LogP contribution in [0.1, 0.15) is 33.2 Å². The Morgan fingerprint density at radius 2 is 1.64 bits per heavy atom. The van der Waals surface area contributed by atoms with Crippen LogP contribution in [0.4, 0.5) is 0 Å². The van der Waals surface area contributed by atoms with E-state index in [-0.39, 0.29) is 0 Å². The second kappa shape index (κ2) is 7.40. The number of halogens is 1. The van der Waals surface area contributed by atoms with Crippen molar-refractivity contribution in [3.05, 3.63) is 62.7 Å². The van der Waals surface area contributed by atoms with E-state index in [1.807, 2.05) is 13.0 Å². The van der Waals surface area contributed by atoms with E-state index in [4.69, 9.17) is 9.47 Å². The first-order chi connectivity index (χ1) is 10.5. The minimum absolute atomic E-state index is 0.321. The predicted molar refractivity (Wildman–Crippen MR) is 91.3 cm³/mol. The van der Waals surface area contributed by atoms with Crippen molar-refractivity contribution < 1.29 is 19.1 Å². The summed E-state index contributed by atoms with van der Waals surface area (Å²) in [5, 5.41) is 0. The number of carbonyl (C=O) groups is 2. The lowest BCUT2D eigenvalue weighted by molar-refractivity contribution is 0.0526. The average Bonchev–Trinajstić information content (AvgIpc) is 2.51. The van der Waals surface area contributed by atoms with E-state index in [1.165, 1.54) is 0 Å². The monoisotopic (exact) mass is 410 g/mol. The molecule has 0 aromatic heterocycles. The summed E-state index contributed by atoms with van der Waals surface area (Å²) < 4.78 is 11.2. The Morgan fingerprint density at radius 3 is 2.23 bits per heavy atom. The molecule has 22 heavy (non-hydrogen) atoms. The van der Waals surface area contributed by atoms with Crippen molar-refractivity contribution in [1.29, 1.82) is 0 Å². The summed E-state index contributed by atoms with van der Waals surface area (Å²) in [7, 11) is 0. The van der Waals surface area contributed by atoms with Crippen LogP contribution in [0, 0.1) is 10.5 Å². The highest BCUT2D eigenvalue weighted by molar-refractivity contribution is 14.1. The van der Waals surface area contributed by atoms with Crippen molar-refractivity contribution in [3.8, 4) is 5.75 Å². The highest BCUT2D eigenvalue weighted by Crippen LogP contribution is 2.17. The van der Waals surface area contributed by atoms with Crippen LogP contribution in [-0.4, -0.2) is 18.5 Å². The maximum absolute atomic E-state index is 12.1. The van der Waals surface area contributed by atoms with Crippen molar-refractivity contribution >= 4 is 34.5 Å². The van der Waals surface area contributed by atoms with E-state index in [9.17, 15) is 9.59 Å². The van der Waals surface area contributed by atoms with Crippen LogP contribution in [0.25, 0.3) is 0 Å². The van der Waals surface area contributed by atoms with Gasteiger partial charge in [-0.1, -0.05) is 6.07 Å². The summed E-state index contributed by atoms with van der Waals surface area (Å²) in [6.45, 7) is 4.05. The van der Waals surface area contributed by atoms with Gasteiger partial charge in [-0.2, -0.15) is 0 Å². The molecule has 0 N–H and O–H groups in total. The van der Waals surface area contributed by atoms with Crippen LogP contribution in [0.3, 0.4) is 0 Å². The summed E-state index contributed by atoms with van der Waals surface area (Å²) in [6, 6.07) is 11.7. The molecule has 0 bridgehead atoms. The summed E-state index contributed by atoms with van der Waals surface area (Å²) in [5.41, 5.74) is 2.02. The number of hydrogen-bond acceptors (Lipinski definition) is 4. The van der Waals surface area contributed by atoms with E-state index < -0.39 is 11.9 Å². The van der Waals surface area contributed by atoms with Crippen LogP contribution < -0.4 is 4.74 Å². The van der Waals surface area contributed by atoms with Crippen molar-refractivity contribution in [2.45, 2.75) is 13.8 Å². The largest absolute Gasteiger partial charge is 0.462 e. The normalized spacial score (nSPS) is 10.1. The van der Waals surface area contributed by atoms with Gasteiger partial charge in [-0.05, 0) is 78.4 Å². The molecule has 0 unspecified atom stereocenters. The molecular formula is C17H15IO4. The van der Waals surface area contributed by atoms with Crippen LogP contribution in [0.5, 0.6) is 5.75 Å². The van der Waals surface area contributed by atoms with Gasteiger partial charge in [-0.15, -0.1) is 0 Å². The average molecular weight is 410 g/mol. The summed E-state index contributed by atoms with van der Waals surface area (Å²) in [4.78, 5) is 23.6. The first-order valence-corrected chi connectivity index (χ1v) is 7.84. The fourth-order valence-corrected chi connectivity index (χ4v) is 2.27. The molecule has 2 rings (SSSR count). The topological polar surface area (TPSA) is 52.6 Å². The van der Waals surface area contributed by atoms with Crippen LogP contribution in [-0.2, 0) is 4.74 Å². The molecule has 0 radical (unpaired) electrons. The summed E-state index contributed by atoms with van der Waals surface area (Å²) in [6.07, 6.45) is 0. The SMILES string of the molecule is CCOC(=O)c1ccc(OC(=O)c2ccc(C)c(I)c2)cc1. The maximum atomic E-state index is 12.1. The van der Waals surface area contributed by atoms with Gasteiger partial charge in [0.15, 0.2) is 0 Å². The second-order valence-corrected chi connectivity index (χ2v) is 5.76. The number of rotatable bonds is 4. The first kappa shape index (κ1) is 16.5. The third-order valence-electron chi connectivity index (χ3n) is 2.98. The molecule has 0 saturated carbocycles. The van der Waals surface area contributed by atoms with Gasteiger partial charge in [0.25, 0.3) is 0 Å². The molecule has 5 heteroatoms. The third kappa shape index (κ3) is 4.07. The minimum atomic E-state index is -0.429. The zero-order valence-corrected chi connectivity index (χ0v) is 14.4. The Morgan fingerprint density at radius 1 is 1.00 bits per heavy atom. The van der Waals surface area contributed by atoms with Crippen LogP contribution >= 0.6 is 22.6 Å². The lowest BCUT2D eigenvalue weighted by atomic mass is 10.1. The zero-order valence-electron chi connectivity index (χ0n) is 12.3. The molecule has 114 valence electrons. The second-order valence-electron chi connectivity index (χ2n) is 4.60. The molecular weight excluding hydrogens is 395 g/mol. The molecule has 0 aliphatic carbocycles. The number of hydrogen-bond donors (Lipinski definition) is 0. The third-order valence-corrected chi connectivity index (χ3v) is 4.15. The van der Waals surface area contributed by atoms with E-state index in [2.05, 4.69) is 22.6 Å². The lowest BCUT2D eigenvalue weighted by Gasteiger charge is -2.07. The van der Waals surface area contributed by atoms with Crippen molar-refractivity contribution in [2.75, 3.05) is 6.61 Å². The fraction of sp³-hybridized carbons (Fsp3) is 0.176. The Labute approximate surface area is 142 Å². The first-order valence-electron chi connectivity index (χ1n) is 6.76. The van der Waals surface area contributed by atoms with Gasteiger partial charge in [-0.3, -0.25) is 0 Å². The van der Waals surface area contributed by atoms with Crippen molar-refractivity contribution in [2.24, 2.45) is 0 Å². The van der Waals surface area contributed by atoms with E-state index in [0.717, 1.165) is 9.13 Å². The predicted octanol–water partition coefficient (Wildman–Crippen LogP) is 4.00. The van der Waals surface area contributed by atoms with E-state index in [1.54, 1.807) is 43.3 Å². The number of ether oxygens (including phenoxy) is 2. The molecule has 0 spiro atoms. The molecule has 0 amide bonds. The highest BCUT2D eigenvalue weighted by atomic mass is 127. The van der Waals surface area contributed by atoms with E-state index in [0.29, 0.717) is 23.5 Å². The Hall–Kier alpha value is -1.89. The lowest BCUT2D eigenvalue weighted by Crippen LogP contribution is -2.09. The maximum Gasteiger partial charge on any atom is 0.343 e. The molecule has 0 aliphatic heterocycles. The molecule has 4 nitrogen and oxygen atoms in total. The number of benzene rings is 2. The molecule has 2 aromatic rings. The number of aryl methyl sites for hydroxylation is 1. The van der Waals surface area contributed by atoms with Crippen LogP contribution in [0.15, 0.2) is 42.5 Å². The zero-order chi connectivity index (χ0) is 16.1. The van der Waals surface area contributed by atoms with Gasteiger partial charge < -0.3 is 9.47 Å². The Balaban J connectivity index is 2.08. The minimum Gasteiger partial charge on any atom is -0.462 e. The molecule has 0 atom stereocenters. The van der Waals surface area contributed by atoms with Crippen molar-refractivity contribution in [1.82, 2.24) is 0 Å². The Kier molecular flexibility index (Phi) is 5.54. The van der Waals surface area contributed by atoms with Gasteiger partial charge in [0.1, 0.15) is 5.75 Å². The van der Waals surface area contributed by atoms with Gasteiger partial charge in [0, 0.05) is 3.57 Å². The van der Waals surface area contributed by atoms with E-state index >= 15 is 0 Å².